The predicted octanol–water partition coefficient (Wildman–Crippen LogP) is 3.18. The molecular formula is C11H14ClNS. The van der Waals surface area contributed by atoms with Gasteiger partial charge in [-0.25, -0.2) is 0 Å². The third-order valence-electron chi connectivity index (χ3n) is 2.41. The van der Waals surface area contributed by atoms with Crippen molar-refractivity contribution in [3.05, 3.63) is 29.3 Å². The van der Waals surface area contributed by atoms with Gasteiger partial charge in [-0.1, -0.05) is 17.7 Å². The summed E-state index contributed by atoms with van der Waals surface area (Å²) in [6.45, 7) is 1.18. The number of halogens is 1. The van der Waals surface area contributed by atoms with Gasteiger partial charge in [-0.2, -0.15) is 0 Å². The first-order valence-corrected chi connectivity index (χ1v) is 6.33. The SMILES string of the molecule is Clc1cccc(SC[C@H]2CCCN2)c1. The molecule has 1 aromatic carbocycles. The lowest BCUT2D eigenvalue weighted by atomic mass is 10.3. The Bertz CT molecular complexity index is 297. The molecule has 1 fully saturated rings. The Balaban J connectivity index is 1.85. The van der Waals surface area contributed by atoms with E-state index in [2.05, 4.69) is 11.4 Å². The maximum absolute atomic E-state index is 5.91. The number of thioether (sulfide) groups is 1. The number of rotatable bonds is 3. The van der Waals surface area contributed by atoms with Crippen LogP contribution < -0.4 is 5.32 Å². The van der Waals surface area contributed by atoms with Crippen molar-refractivity contribution in [3.8, 4) is 0 Å². The molecule has 1 heterocycles. The van der Waals surface area contributed by atoms with Gasteiger partial charge >= 0.3 is 0 Å². The summed E-state index contributed by atoms with van der Waals surface area (Å²) < 4.78 is 0. The summed E-state index contributed by atoms with van der Waals surface area (Å²) in [5.41, 5.74) is 0. The van der Waals surface area contributed by atoms with Gasteiger partial charge in [0.1, 0.15) is 0 Å². The van der Waals surface area contributed by atoms with Crippen molar-refractivity contribution in [2.45, 2.75) is 23.8 Å². The second-order valence-electron chi connectivity index (χ2n) is 3.56. The molecule has 1 atom stereocenters. The van der Waals surface area contributed by atoms with E-state index in [0.29, 0.717) is 6.04 Å². The van der Waals surface area contributed by atoms with Gasteiger partial charge in [-0.05, 0) is 37.6 Å². The van der Waals surface area contributed by atoms with Crippen molar-refractivity contribution in [2.24, 2.45) is 0 Å². The summed E-state index contributed by atoms with van der Waals surface area (Å²) in [5, 5.41) is 4.32. The van der Waals surface area contributed by atoms with E-state index in [1.54, 1.807) is 0 Å². The van der Waals surface area contributed by atoms with Crippen molar-refractivity contribution in [3.63, 3.8) is 0 Å². The van der Waals surface area contributed by atoms with E-state index >= 15 is 0 Å². The lowest BCUT2D eigenvalue weighted by Crippen LogP contribution is -2.23. The average molecular weight is 228 g/mol. The van der Waals surface area contributed by atoms with Crippen LogP contribution in [0.25, 0.3) is 0 Å². The first-order chi connectivity index (χ1) is 6.84. The summed E-state index contributed by atoms with van der Waals surface area (Å²) in [4.78, 5) is 1.27. The lowest BCUT2D eigenvalue weighted by molar-refractivity contribution is 0.674. The van der Waals surface area contributed by atoms with Gasteiger partial charge in [-0.3, -0.25) is 0 Å². The van der Waals surface area contributed by atoms with Crippen molar-refractivity contribution in [2.75, 3.05) is 12.3 Å². The van der Waals surface area contributed by atoms with E-state index in [4.69, 9.17) is 11.6 Å². The van der Waals surface area contributed by atoms with Crippen LogP contribution in [0.2, 0.25) is 5.02 Å². The molecule has 1 nitrogen and oxygen atoms in total. The van der Waals surface area contributed by atoms with Gasteiger partial charge in [0.15, 0.2) is 0 Å². The molecule has 0 spiro atoms. The molecule has 0 unspecified atom stereocenters. The Morgan fingerprint density at radius 2 is 2.43 bits per heavy atom. The number of hydrogen-bond donors (Lipinski definition) is 1. The summed E-state index contributed by atoms with van der Waals surface area (Å²) in [6.07, 6.45) is 2.63. The van der Waals surface area contributed by atoms with Crippen molar-refractivity contribution >= 4 is 23.4 Å². The Morgan fingerprint density at radius 1 is 1.50 bits per heavy atom. The molecule has 0 radical (unpaired) electrons. The quantitative estimate of drug-likeness (QED) is 0.797. The van der Waals surface area contributed by atoms with Crippen LogP contribution in [0.15, 0.2) is 29.2 Å². The first-order valence-electron chi connectivity index (χ1n) is 4.96. The van der Waals surface area contributed by atoms with Crippen molar-refractivity contribution in [1.82, 2.24) is 5.32 Å². The topological polar surface area (TPSA) is 12.0 Å². The van der Waals surface area contributed by atoms with E-state index in [-0.39, 0.29) is 0 Å². The number of nitrogens with one attached hydrogen (secondary N) is 1. The Morgan fingerprint density at radius 3 is 3.14 bits per heavy atom. The molecule has 0 saturated carbocycles. The molecule has 1 aliphatic rings. The fraction of sp³-hybridized carbons (Fsp3) is 0.455. The van der Waals surface area contributed by atoms with Gasteiger partial charge < -0.3 is 5.32 Å². The van der Waals surface area contributed by atoms with E-state index < -0.39 is 0 Å². The minimum Gasteiger partial charge on any atom is -0.313 e. The van der Waals surface area contributed by atoms with Crippen LogP contribution in [0.3, 0.4) is 0 Å². The summed E-state index contributed by atoms with van der Waals surface area (Å²) in [6, 6.07) is 8.76. The normalized spacial score (nSPS) is 21.4. The zero-order chi connectivity index (χ0) is 9.80. The predicted molar refractivity (Wildman–Crippen MR) is 63.2 cm³/mol. The standard InChI is InChI=1S/C11H14ClNS/c12-9-3-1-5-11(7-9)14-8-10-4-2-6-13-10/h1,3,5,7,10,13H,2,4,6,8H2/t10-/m1/s1. The third kappa shape index (κ3) is 2.91. The average Bonchev–Trinajstić information content (AvgIpc) is 2.67. The van der Waals surface area contributed by atoms with Crippen LogP contribution in [0.1, 0.15) is 12.8 Å². The summed E-state index contributed by atoms with van der Waals surface area (Å²) >= 11 is 7.80. The monoisotopic (exact) mass is 227 g/mol. The Kier molecular flexibility index (Phi) is 3.74. The minimum atomic E-state index is 0.694. The van der Waals surface area contributed by atoms with Gasteiger partial charge in [0, 0.05) is 21.7 Å². The molecular weight excluding hydrogens is 214 g/mol. The minimum absolute atomic E-state index is 0.694. The van der Waals surface area contributed by atoms with E-state index in [1.165, 1.54) is 24.3 Å². The van der Waals surface area contributed by atoms with Crippen LogP contribution in [-0.2, 0) is 0 Å². The lowest BCUT2D eigenvalue weighted by Gasteiger charge is -2.09. The molecule has 0 aliphatic carbocycles. The van der Waals surface area contributed by atoms with Gasteiger partial charge in [0.2, 0.25) is 0 Å². The molecule has 2 rings (SSSR count). The van der Waals surface area contributed by atoms with Crippen LogP contribution in [0.5, 0.6) is 0 Å². The fourth-order valence-electron chi connectivity index (χ4n) is 1.65. The van der Waals surface area contributed by atoms with Gasteiger partial charge in [0.05, 0.1) is 0 Å². The highest BCUT2D eigenvalue weighted by Crippen LogP contribution is 2.23. The van der Waals surface area contributed by atoms with Gasteiger partial charge in [-0.15, -0.1) is 11.8 Å². The van der Waals surface area contributed by atoms with Crippen LogP contribution in [-0.4, -0.2) is 18.3 Å². The molecule has 1 aromatic rings. The first kappa shape index (κ1) is 10.3. The zero-order valence-electron chi connectivity index (χ0n) is 8.00. The van der Waals surface area contributed by atoms with Crippen LogP contribution >= 0.6 is 23.4 Å². The molecule has 0 bridgehead atoms. The molecule has 76 valence electrons. The van der Waals surface area contributed by atoms with Crippen LogP contribution in [0.4, 0.5) is 0 Å². The van der Waals surface area contributed by atoms with Gasteiger partial charge in [0.25, 0.3) is 0 Å². The molecule has 14 heavy (non-hydrogen) atoms. The highest BCUT2D eigenvalue weighted by atomic mass is 35.5. The molecule has 1 N–H and O–H groups in total. The Labute approximate surface area is 94.2 Å². The number of benzene rings is 1. The van der Waals surface area contributed by atoms with E-state index in [0.717, 1.165) is 10.8 Å². The molecule has 3 heteroatoms. The molecule has 1 saturated heterocycles. The molecule has 1 aliphatic heterocycles. The van der Waals surface area contributed by atoms with E-state index in [1.807, 2.05) is 30.0 Å². The maximum atomic E-state index is 5.91. The third-order valence-corrected chi connectivity index (χ3v) is 3.80. The Hall–Kier alpha value is -0.180. The highest BCUT2D eigenvalue weighted by molar-refractivity contribution is 7.99. The van der Waals surface area contributed by atoms with Crippen LogP contribution in [0, 0.1) is 0 Å². The molecule has 0 aromatic heterocycles. The zero-order valence-corrected chi connectivity index (χ0v) is 9.57. The summed E-state index contributed by atoms with van der Waals surface area (Å²) in [7, 11) is 0. The largest absolute Gasteiger partial charge is 0.313 e. The number of hydrogen-bond acceptors (Lipinski definition) is 2. The smallest absolute Gasteiger partial charge is 0.0417 e. The summed E-state index contributed by atoms with van der Waals surface area (Å²) in [5.74, 6) is 1.15. The molecule has 0 amide bonds. The van der Waals surface area contributed by atoms with Crippen molar-refractivity contribution < 1.29 is 0 Å². The highest BCUT2D eigenvalue weighted by Gasteiger charge is 2.13. The maximum Gasteiger partial charge on any atom is 0.0417 e. The van der Waals surface area contributed by atoms with Crippen molar-refractivity contribution in [1.29, 1.82) is 0 Å². The second kappa shape index (κ2) is 5.06. The fourth-order valence-corrected chi connectivity index (χ4v) is 2.97. The second-order valence-corrected chi connectivity index (χ2v) is 5.09. The van der Waals surface area contributed by atoms with E-state index in [9.17, 15) is 0 Å².